The first-order valence-electron chi connectivity index (χ1n) is 5.04. The highest BCUT2D eigenvalue weighted by Gasteiger charge is 2.25. The summed E-state index contributed by atoms with van der Waals surface area (Å²) in [7, 11) is -3.72. The molecule has 1 aromatic rings. The van der Waals surface area contributed by atoms with Crippen LogP contribution in [-0.4, -0.2) is 23.9 Å². The minimum absolute atomic E-state index is 0.0653. The van der Waals surface area contributed by atoms with Gasteiger partial charge in [0.2, 0.25) is 9.84 Å². The van der Waals surface area contributed by atoms with Crippen LogP contribution in [0.25, 0.3) is 0 Å². The Hall–Kier alpha value is -1.30. The van der Waals surface area contributed by atoms with E-state index >= 15 is 0 Å². The van der Waals surface area contributed by atoms with Gasteiger partial charge in [-0.1, -0.05) is 6.92 Å². The van der Waals surface area contributed by atoms with Crippen molar-refractivity contribution in [3.63, 3.8) is 0 Å². The molecule has 0 aromatic carbocycles. The molecule has 0 aliphatic rings. The molecule has 16 heavy (non-hydrogen) atoms. The van der Waals surface area contributed by atoms with E-state index in [1.54, 1.807) is 10.8 Å². The maximum atomic E-state index is 11.7. The average molecular weight is 244 g/mol. The zero-order valence-electron chi connectivity index (χ0n) is 9.60. The fourth-order valence-electron chi connectivity index (χ4n) is 1.38. The predicted octanol–water partition coefficient (Wildman–Crippen LogP) is 1.23. The number of sulfone groups is 1. The first kappa shape index (κ1) is 12.8. The molecule has 1 aromatic heterocycles. The second-order valence-electron chi connectivity index (χ2n) is 3.81. The molecule has 90 valence electrons. The topological polar surface area (TPSA) is 82.2 Å². The van der Waals surface area contributed by atoms with Crippen molar-refractivity contribution >= 4 is 20.8 Å². The van der Waals surface area contributed by atoms with Crippen LogP contribution in [0.2, 0.25) is 0 Å². The van der Waals surface area contributed by atoms with Gasteiger partial charge in [-0.05, 0) is 19.9 Å². The molecule has 0 saturated heterocycles. The van der Waals surface area contributed by atoms with Crippen molar-refractivity contribution in [2.75, 3.05) is 11.5 Å². The summed E-state index contributed by atoms with van der Waals surface area (Å²) in [5.41, 5.74) is 5.80. The second-order valence-corrected chi connectivity index (χ2v) is 5.98. The maximum Gasteiger partial charge on any atom is 0.280 e. The third kappa shape index (κ3) is 2.11. The van der Waals surface area contributed by atoms with Gasteiger partial charge in [0, 0.05) is 12.2 Å². The molecule has 6 heteroatoms. The molecule has 0 aliphatic heterocycles. The quantitative estimate of drug-likeness (QED) is 0.866. The summed E-state index contributed by atoms with van der Waals surface area (Å²) in [6.45, 7) is 5.24. The number of nitrogen functional groups attached to an aromatic ring is 1. The van der Waals surface area contributed by atoms with Crippen LogP contribution in [0.1, 0.15) is 37.2 Å². The van der Waals surface area contributed by atoms with Crippen LogP contribution in [0.15, 0.2) is 12.3 Å². The minimum Gasteiger partial charge on any atom is -0.384 e. The van der Waals surface area contributed by atoms with Crippen LogP contribution in [0.5, 0.6) is 0 Å². The van der Waals surface area contributed by atoms with Crippen LogP contribution in [0.4, 0.5) is 5.82 Å². The Kier molecular flexibility index (Phi) is 3.42. The van der Waals surface area contributed by atoms with E-state index in [1.807, 2.05) is 13.8 Å². The molecule has 5 nitrogen and oxygen atoms in total. The molecule has 0 fully saturated rings. The highest BCUT2D eigenvalue weighted by molar-refractivity contribution is 8.06. The van der Waals surface area contributed by atoms with E-state index in [2.05, 4.69) is 0 Å². The molecule has 0 amide bonds. The summed E-state index contributed by atoms with van der Waals surface area (Å²) in [5, 5.41) is -0.896. The molecular weight excluding hydrogens is 228 g/mol. The molecule has 2 N–H and O–H groups in total. The summed E-state index contributed by atoms with van der Waals surface area (Å²) < 4.78 is 24.5. The van der Waals surface area contributed by atoms with Gasteiger partial charge in [0.15, 0.2) is 0 Å². The van der Waals surface area contributed by atoms with Crippen molar-refractivity contribution in [1.29, 1.82) is 0 Å². The fraction of sp³-hybridized carbons (Fsp3) is 0.500. The van der Waals surface area contributed by atoms with Crippen molar-refractivity contribution in [2.45, 2.75) is 26.8 Å². The lowest BCUT2D eigenvalue weighted by molar-refractivity contribution is 0.107. The van der Waals surface area contributed by atoms with Crippen molar-refractivity contribution < 1.29 is 13.2 Å². The van der Waals surface area contributed by atoms with Gasteiger partial charge in [0.05, 0.1) is 11.3 Å². The van der Waals surface area contributed by atoms with Gasteiger partial charge in [0.25, 0.3) is 5.12 Å². The lowest BCUT2D eigenvalue weighted by atomic mass is 10.3. The minimum atomic E-state index is -3.72. The summed E-state index contributed by atoms with van der Waals surface area (Å²) in [6, 6.07) is 1.54. The molecule has 0 atom stereocenters. The number of carbonyl (C=O) groups excluding carboxylic acids is 1. The van der Waals surface area contributed by atoms with E-state index in [4.69, 9.17) is 5.73 Å². The van der Waals surface area contributed by atoms with Crippen molar-refractivity contribution in [1.82, 2.24) is 4.57 Å². The van der Waals surface area contributed by atoms with Crippen LogP contribution < -0.4 is 5.73 Å². The molecule has 0 bridgehead atoms. The Balaban J connectivity index is 3.22. The zero-order valence-corrected chi connectivity index (χ0v) is 10.4. The molecule has 0 unspecified atom stereocenters. The van der Waals surface area contributed by atoms with Gasteiger partial charge in [-0.25, -0.2) is 8.42 Å². The maximum absolute atomic E-state index is 11.7. The molecule has 0 saturated carbocycles. The van der Waals surface area contributed by atoms with Crippen molar-refractivity contribution in [3.8, 4) is 0 Å². The summed E-state index contributed by atoms with van der Waals surface area (Å²) >= 11 is 0. The predicted molar refractivity (Wildman–Crippen MR) is 63.0 cm³/mol. The van der Waals surface area contributed by atoms with Gasteiger partial charge in [0.1, 0.15) is 5.82 Å². The zero-order chi connectivity index (χ0) is 12.5. The largest absolute Gasteiger partial charge is 0.384 e. The van der Waals surface area contributed by atoms with E-state index < -0.39 is 15.0 Å². The number of anilines is 1. The Morgan fingerprint density at radius 2 is 2.06 bits per heavy atom. The van der Waals surface area contributed by atoms with E-state index in [-0.39, 0.29) is 23.2 Å². The monoisotopic (exact) mass is 244 g/mol. The normalized spacial score (nSPS) is 12.0. The first-order valence-corrected chi connectivity index (χ1v) is 6.70. The Labute approximate surface area is 95.2 Å². The molecule has 1 heterocycles. The van der Waals surface area contributed by atoms with Crippen LogP contribution in [0, 0.1) is 0 Å². The highest BCUT2D eigenvalue weighted by atomic mass is 32.2. The fourth-order valence-corrected chi connectivity index (χ4v) is 2.15. The second kappa shape index (κ2) is 4.29. The van der Waals surface area contributed by atoms with E-state index in [9.17, 15) is 13.2 Å². The Bertz CT molecular complexity index is 500. The van der Waals surface area contributed by atoms with E-state index in [0.29, 0.717) is 0 Å². The van der Waals surface area contributed by atoms with Gasteiger partial charge in [-0.3, -0.25) is 4.79 Å². The number of carbonyl (C=O) groups is 1. The Morgan fingerprint density at radius 3 is 2.44 bits per heavy atom. The number of hydrogen-bond donors (Lipinski definition) is 1. The summed E-state index contributed by atoms with van der Waals surface area (Å²) in [4.78, 5) is 11.7. The number of aromatic nitrogens is 1. The smallest absolute Gasteiger partial charge is 0.280 e. The standard InChI is InChI=1S/C10H16N2O3S/c1-4-16(14,15)10(13)8-5-6-12(7(2)3)9(8)11/h5-7H,4,11H2,1-3H3. The summed E-state index contributed by atoms with van der Waals surface area (Å²) in [5.74, 6) is -0.00461. The first-order chi connectivity index (χ1) is 7.31. The molecule has 0 radical (unpaired) electrons. The van der Waals surface area contributed by atoms with Crippen molar-refractivity contribution in [2.24, 2.45) is 0 Å². The van der Waals surface area contributed by atoms with Gasteiger partial charge >= 0.3 is 0 Å². The third-order valence-electron chi connectivity index (χ3n) is 2.39. The van der Waals surface area contributed by atoms with Gasteiger partial charge in [-0.2, -0.15) is 0 Å². The molecule has 1 rings (SSSR count). The third-order valence-corrected chi connectivity index (χ3v) is 3.94. The molecule has 0 aliphatic carbocycles. The number of hydrogen-bond acceptors (Lipinski definition) is 4. The number of nitrogens with zero attached hydrogens (tertiary/aromatic N) is 1. The molecular formula is C10H16N2O3S. The lowest BCUT2D eigenvalue weighted by Gasteiger charge is -2.10. The van der Waals surface area contributed by atoms with Crippen LogP contribution in [0.3, 0.4) is 0 Å². The lowest BCUT2D eigenvalue weighted by Crippen LogP contribution is -2.18. The number of nitrogens with two attached hydrogens (primary N) is 1. The van der Waals surface area contributed by atoms with E-state index in [0.717, 1.165) is 0 Å². The van der Waals surface area contributed by atoms with Crippen molar-refractivity contribution in [3.05, 3.63) is 17.8 Å². The average Bonchev–Trinajstić information content (AvgIpc) is 2.59. The van der Waals surface area contributed by atoms with Crippen LogP contribution >= 0.6 is 0 Å². The number of rotatable bonds is 3. The van der Waals surface area contributed by atoms with Gasteiger partial charge in [-0.15, -0.1) is 0 Å². The van der Waals surface area contributed by atoms with Crippen LogP contribution in [-0.2, 0) is 9.84 Å². The van der Waals surface area contributed by atoms with Gasteiger partial charge < -0.3 is 10.3 Å². The molecule has 0 spiro atoms. The summed E-state index contributed by atoms with van der Waals surface area (Å²) in [6.07, 6.45) is 1.62. The van der Waals surface area contributed by atoms with E-state index in [1.165, 1.54) is 13.0 Å². The highest BCUT2D eigenvalue weighted by Crippen LogP contribution is 2.21. The SMILES string of the molecule is CCS(=O)(=O)C(=O)c1ccn(C(C)C)c1N. The Morgan fingerprint density at radius 1 is 1.50 bits per heavy atom.